The van der Waals surface area contributed by atoms with Crippen LogP contribution < -0.4 is 27.8 Å². The Labute approximate surface area is 292 Å². The molecule has 2 aliphatic rings. The summed E-state index contributed by atoms with van der Waals surface area (Å²) in [6.45, 7) is 0.868. The van der Waals surface area contributed by atoms with Crippen LogP contribution in [-0.4, -0.2) is 68.7 Å². The maximum atomic E-state index is 13.9. The van der Waals surface area contributed by atoms with Crippen molar-refractivity contribution in [3.8, 4) is 11.8 Å². The van der Waals surface area contributed by atoms with Crippen LogP contribution in [0.5, 0.6) is 0 Å². The lowest BCUT2D eigenvalue weighted by atomic mass is 9.91. The van der Waals surface area contributed by atoms with E-state index in [1.54, 1.807) is 30.1 Å². The molecule has 13 nitrogen and oxygen atoms in total. The molecule has 270 valence electrons. The number of aromatic nitrogens is 2. The van der Waals surface area contributed by atoms with Crippen LogP contribution in [-0.2, 0) is 37.4 Å². The molecular weight excluding hydrogens is 664 g/mol. The van der Waals surface area contributed by atoms with E-state index >= 15 is 0 Å². The molecule has 0 spiro atoms. The molecule has 0 bridgehead atoms. The van der Waals surface area contributed by atoms with Gasteiger partial charge in [0.05, 0.1) is 17.1 Å². The molecule has 3 atom stereocenters. The fourth-order valence-electron chi connectivity index (χ4n) is 6.58. The summed E-state index contributed by atoms with van der Waals surface area (Å²) in [6, 6.07) is 5.72. The lowest BCUT2D eigenvalue weighted by molar-refractivity contribution is -0.138. The number of nitrogens with zero attached hydrogens (tertiary/aromatic N) is 3. The van der Waals surface area contributed by atoms with Gasteiger partial charge in [-0.05, 0) is 73.9 Å². The van der Waals surface area contributed by atoms with Gasteiger partial charge in [0.25, 0.3) is 0 Å². The number of hydrogen-bond acceptors (Lipinski definition) is 7. The Balaban J connectivity index is 1.17. The number of carbonyl (C=O) groups excluding carboxylic acids is 5. The predicted octanol–water partition coefficient (Wildman–Crippen LogP) is 1.29. The van der Waals surface area contributed by atoms with Crippen LogP contribution in [0.1, 0.15) is 68.5 Å². The van der Waals surface area contributed by atoms with Crippen LogP contribution in [0.4, 0.5) is 8.78 Å². The molecule has 51 heavy (non-hydrogen) atoms. The van der Waals surface area contributed by atoms with Gasteiger partial charge in [-0.25, -0.2) is 13.6 Å². The number of halogens is 2. The minimum Gasteiger partial charge on any atom is -0.370 e. The highest BCUT2D eigenvalue weighted by Crippen LogP contribution is 2.25. The molecule has 2 aliphatic heterocycles. The first kappa shape index (κ1) is 36.9. The average Bonchev–Trinajstić information content (AvgIpc) is 3.35. The number of imide groups is 1. The van der Waals surface area contributed by atoms with Crippen LogP contribution in [0.15, 0.2) is 41.2 Å². The second-order valence-electron chi connectivity index (χ2n) is 13.1. The Bertz CT molecular complexity index is 1970. The smallest absolute Gasteiger partial charge is 0.329 e. The maximum Gasteiger partial charge on any atom is 0.329 e. The molecule has 3 heterocycles. The van der Waals surface area contributed by atoms with Gasteiger partial charge in [-0.3, -0.25) is 38.4 Å². The number of hydrogen-bond donors (Lipinski definition) is 4. The molecule has 5 amide bonds. The van der Waals surface area contributed by atoms with Crippen LogP contribution in [0, 0.1) is 29.4 Å². The largest absolute Gasteiger partial charge is 0.370 e. The zero-order valence-electron chi connectivity index (χ0n) is 28.3. The van der Waals surface area contributed by atoms with Crippen molar-refractivity contribution >= 4 is 40.6 Å². The average molecular weight is 706 g/mol. The van der Waals surface area contributed by atoms with E-state index in [2.05, 4.69) is 22.5 Å². The molecule has 1 unspecified atom stereocenters. The summed E-state index contributed by atoms with van der Waals surface area (Å²) in [5.74, 6) is 2.07. The van der Waals surface area contributed by atoms with Crippen molar-refractivity contribution < 1.29 is 32.8 Å². The van der Waals surface area contributed by atoms with Gasteiger partial charge >= 0.3 is 5.69 Å². The Morgan fingerprint density at radius 2 is 1.76 bits per heavy atom. The van der Waals surface area contributed by atoms with Crippen molar-refractivity contribution in [3.05, 3.63) is 69.6 Å². The van der Waals surface area contributed by atoms with Gasteiger partial charge in [0.1, 0.15) is 12.1 Å². The number of aryl methyl sites for hydroxylation is 1. The van der Waals surface area contributed by atoms with Gasteiger partial charge in [0.2, 0.25) is 29.5 Å². The van der Waals surface area contributed by atoms with Crippen molar-refractivity contribution in [2.24, 2.45) is 24.4 Å². The third-order valence-electron chi connectivity index (χ3n) is 9.52. The molecule has 5 rings (SSSR count). The van der Waals surface area contributed by atoms with Crippen LogP contribution in [0.3, 0.4) is 0 Å². The highest BCUT2D eigenvalue weighted by molar-refractivity contribution is 6.00. The lowest BCUT2D eigenvalue weighted by Gasteiger charge is -2.34. The number of primary amides is 1. The first-order chi connectivity index (χ1) is 24.3. The van der Waals surface area contributed by atoms with Crippen molar-refractivity contribution in [1.82, 2.24) is 24.7 Å². The highest BCUT2D eigenvalue weighted by Gasteiger charge is 2.32. The second kappa shape index (κ2) is 16.1. The standard InChI is InChI=1S/C36H41F2N7O6/c1-43-30-20-22(7-10-28(30)45(36(43)51)29-11-13-32(47)42-34(29)49)5-3-2-4-21-14-16-44(17-15-21)35(50)27(19-23-6-8-24(37)25(38)18-23)41-33(48)26(39)9-12-31(40)46/h6-8,10,18,20-21,26-27,29H,2,4,9,11-17,19,39H2,1H3,(H2,40,46)(H,41,48)(H,42,47,49)/t26-,27-,29?/m0/s1. The minimum atomic E-state index is -1.09. The first-order valence-electron chi connectivity index (χ1n) is 16.9. The number of amides is 5. The molecule has 1 aromatic heterocycles. The van der Waals surface area contributed by atoms with E-state index in [0.29, 0.717) is 60.4 Å². The van der Waals surface area contributed by atoms with Crippen LogP contribution in [0.25, 0.3) is 11.0 Å². The molecule has 6 N–H and O–H groups in total. The van der Waals surface area contributed by atoms with Crippen LogP contribution >= 0.6 is 0 Å². The molecule has 3 aromatic rings. The summed E-state index contributed by atoms with van der Waals surface area (Å²) in [7, 11) is 1.63. The van der Waals surface area contributed by atoms with Gasteiger partial charge in [-0.1, -0.05) is 17.9 Å². The summed E-state index contributed by atoms with van der Waals surface area (Å²) in [6.07, 6.45) is 3.03. The van der Waals surface area contributed by atoms with E-state index in [-0.39, 0.29) is 49.6 Å². The SMILES string of the molecule is Cn1c(=O)n(C2CCC(=O)NC2=O)c2ccc(C#CCCC3CCN(C(=O)[C@H](Cc4ccc(F)c(F)c4)NC(=O)[C@@H](N)CCC(N)=O)CC3)cc21. The number of imidazole rings is 1. The van der Waals surface area contributed by atoms with E-state index in [1.807, 2.05) is 0 Å². The number of benzene rings is 2. The van der Waals surface area contributed by atoms with Gasteiger partial charge in [0, 0.05) is 51.4 Å². The van der Waals surface area contributed by atoms with E-state index in [1.165, 1.54) is 15.2 Å². The summed E-state index contributed by atoms with van der Waals surface area (Å²) in [4.78, 5) is 76.3. The number of piperidine rings is 2. The third-order valence-corrected chi connectivity index (χ3v) is 9.52. The number of carbonyl (C=O) groups is 5. The lowest BCUT2D eigenvalue weighted by Crippen LogP contribution is -2.54. The Hall–Kier alpha value is -5.36. The van der Waals surface area contributed by atoms with Crippen molar-refractivity contribution in [3.63, 3.8) is 0 Å². The topological polar surface area (TPSA) is 192 Å². The maximum absolute atomic E-state index is 13.9. The van der Waals surface area contributed by atoms with Crippen molar-refractivity contribution in [2.45, 2.75) is 75.9 Å². The van der Waals surface area contributed by atoms with Gasteiger partial charge in [0.15, 0.2) is 11.6 Å². The number of nitrogens with one attached hydrogen (secondary N) is 2. The molecule has 0 radical (unpaired) electrons. The highest BCUT2D eigenvalue weighted by atomic mass is 19.2. The van der Waals surface area contributed by atoms with Crippen molar-refractivity contribution in [2.75, 3.05) is 13.1 Å². The van der Waals surface area contributed by atoms with E-state index in [4.69, 9.17) is 11.5 Å². The number of rotatable bonds is 11. The molecule has 0 saturated carbocycles. The zero-order chi connectivity index (χ0) is 36.8. The third kappa shape index (κ3) is 8.87. The number of likely N-dealkylation sites (tertiary alicyclic amines) is 1. The molecular formula is C36H41F2N7O6. The summed E-state index contributed by atoms with van der Waals surface area (Å²) >= 11 is 0. The Morgan fingerprint density at radius 1 is 1.02 bits per heavy atom. The quantitative estimate of drug-likeness (QED) is 0.171. The van der Waals surface area contributed by atoms with Crippen molar-refractivity contribution in [1.29, 1.82) is 0 Å². The minimum absolute atomic E-state index is 0.00605. The molecule has 2 aromatic carbocycles. The fourth-order valence-corrected chi connectivity index (χ4v) is 6.58. The Kier molecular flexibility index (Phi) is 11.7. The summed E-state index contributed by atoms with van der Waals surface area (Å²) in [5, 5.41) is 4.94. The fraction of sp³-hybridized carbons (Fsp3) is 0.444. The number of fused-ring (bicyclic) bond motifs is 1. The summed E-state index contributed by atoms with van der Waals surface area (Å²) < 4.78 is 30.4. The molecule has 0 aliphatic carbocycles. The van der Waals surface area contributed by atoms with Gasteiger partial charge in [-0.15, -0.1) is 0 Å². The molecule has 2 saturated heterocycles. The molecule has 2 fully saturated rings. The predicted molar refractivity (Wildman–Crippen MR) is 182 cm³/mol. The monoisotopic (exact) mass is 705 g/mol. The first-order valence-corrected chi connectivity index (χ1v) is 16.9. The van der Waals surface area contributed by atoms with E-state index in [9.17, 15) is 37.5 Å². The Morgan fingerprint density at radius 3 is 2.45 bits per heavy atom. The summed E-state index contributed by atoms with van der Waals surface area (Å²) in [5.41, 5.74) is 13.0. The normalized spacial score (nSPS) is 17.7. The number of nitrogens with two attached hydrogens (primary N) is 2. The second-order valence-corrected chi connectivity index (χ2v) is 13.1. The molecule has 15 heteroatoms. The van der Waals surface area contributed by atoms with E-state index in [0.717, 1.165) is 18.6 Å². The van der Waals surface area contributed by atoms with Crippen LogP contribution in [0.2, 0.25) is 0 Å². The van der Waals surface area contributed by atoms with Gasteiger partial charge in [-0.2, -0.15) is 0 Å². The van der Waals surface area contributed by atoms with Gasteiger partial charge < -0.3 is 21.7 Å². The zero-order valence-corrected chi connectivity index (χ0v) is 28.3. The van der Waals surface area contributed by atoms with E-state index < -0.39 is 47.5 Å².